The van der Waals surface area contributed by atoms with Gasteiger partial charge in [0.05, 0.1) is 17.6 Å². The number of aliphatic hydroxyl groups excluding tert-OH is 1. The zero-order valence-corrected chi connectivity index (χ0v) is 16.1. The number of rotatable bonds is 6. The van der Waals surface area contributed by atoms with E-state index in [1.165, 1.54) is 12.1 Å². The third-order valence-corrected chi connectivity index (χ3v) is 6.44. The van der Waals surface area contributed by atoms with Crippen molar-refractivity contribution in [3.63, 3.8) is 0 Å². The van der Waals surface area contributed by atoms with Crippen LogP contribution in [0.5, 0.6) is 0 Å². The van der Waals surface area contributed by atoms with Crippen LogP contribution >= 0.6 is 11.8 Å². The molecule has 2 aliphatic rings. The number of hydrogen-bond donors (Lipinski definition) is 1. The highest BCUT2D eigenvalue weighted by Gasteiger charge is 2.36. The molecule has 9 heteroatoms. The predicted octanol–water partition coefficient (Wildman–Crippen LogP) is 2.10. The molecule has 1 N–H and O–H groups in total. The molecule has 8 nitrogen and oxygen atoms in total. The van der Waals surface area contributed by atoms with E-state index in [-0.39, 0.29) is 24.9 Å². The van der Waals surface area contributed by atoms with Crippen molar-refractivity contribution in [1.82, 2.24) is 9.80 Å². The second kappa shape index (κ2) is 8.90. The van der Waals surface area contributed by atoms with Crippen molar-refractivity contribution in [2.45, 2.75) is 36.8 Å². The highest BCUT2D eigenvalue weighted by molar-refractivity contribution is 8.00. The van der Waals surface area contributed by atoms with E-state index in [0.29, 0.717) is 17.2 Å². The van der Waals surface area contributed by atoms with Gasteiger partial charge >= 0.3 is 6.09 Å². The van der Waals surface area contributed by atoms with Gasteiger partial charge in [0.15, 0.2) is 0 Å². The van der Waals surface area contributed by atoms with Crippen molar-refractivity contribution < 1.29 is 19.6 Å². The first-order chi connectivity index (χ1) is 12.9. The predicted molar refractivity (Wildman–Crippen MR) is 103 cm³/mol. The number of nitro benzene ring substituents is 1. The first kappa shape index (κ1) is 19.9. The lowest BCUT2D eigenvalue weighted by Crippen LogP contribution is -2.38. The number of carbonyl (C=O) groups is 1. The summed E-state index contributed by atoms with van der Waals surface area (Å²) in [4.78, 5) is 26.6. The quantitative estimate of drug-likeness (QED) is 0.582. The number of benzene rings is 1. The molecule has 148 valence electrons. The third kappa shape index (κ3) is 5.33. The van der Waals surface area contributed by atoms with Gasteiger partial charge in [0.1, 0.15) is 6.61 Å². The normalized spacial score (nSPS) is 25.7. The molecule has 0 radical (unpaired) electrons. The number of likely N-dealkylation sites (tertiary alicyclic amines) is 2. The zero-order valence-electron chi connectivity index (χ0n) is 15.3. The summed E-state index contributed by atoms with van der Waals surface area (Å²) in [6.45, 7) is 2.50. The van der Waals surface area contributed by atoms with E-state index in [1.807, 2.05) is 11.8 Å². The second-order valence-electron chi connectivity index (χ2n) is 7.18. The average Bonchev–Trinajstić information content (AvgIpc) is 3.23. The van der Waals surface area contributed by atoms with Crippen LogP contribution in [-0.2, 0) is 11.3 Å². The molecular formula is C18H25N3O5S. The average molecular weight is 395 g/mol. The molecule has 0 unspecified atom stereocenters. The summed E-state index contributed by atoms with van der Waals surface area (Å²) in [6.07, 6.45) is 0.760. The Hall–Kier alpha value is -1.84. The van der Waals surface area contributed by atoms with Gasteiger partial charge in [-0.15, -0.1) is 0 Å². The van der Waals surface area contributed by atoms with Crippen molar-refractivity contribution in [2.24, 2.45) is 0 Å². The van der Waals surface area contributed by atoms with Crippen LogP contribution in [0.1, 0.15) is 18.4 Å². The zero-order chi connectivity index (χ0) is 19.4. The number of hydrogen-bond acceptors (Lipinski definition) is 7. The van der Waals surface area contributed by atoms with Crippen LogP contribution in [0.25, 0.3) is 0 Å². The number of non-ortho nitro benzene ring substituents is 1. The summed E-state index contributed by atoms with van der Waals surface area (Å²) in [5.41, 5.74) is 0.691. The van der Waals surface area contributed by atoms with Crippen molar-refractivity contribution >= 4 is 23.5 Å². The van der Waals surface area contributed by atoms with E-state index >= 15 is 0 Å². The summed E-state index contributed by atoms with van der Waals surface area (Å²) in [5.74, 6) is 0.794. The molecule has 1 aromatic rings. The Morgan fingerprint density at radius 2 is 2.11 bits per heavy atom. The van der Waals surface area contributed by atoms with Gasteiger partial charge < -0.3 is 19.6 Å². The number of nitro groups is 1. The molecule has 1 amide bonds. The van der Waals surface area contributed by atoms with Crippen molar-refractivity contribution in [2.75, 3.05) is 32.4 Å². The standard InChI is InChI=1S/C18H25N3O5S/c1-19-7-6-17(10-19)27-12-15-8-16(22)9-20(15)18(23)26-11-13-2-4-14(5-3-13)21(24)25/h2-5,15-17,22H,6-12H2,1H3/t15-,16+,17-/m0/s1. The van der Waals surface area contributed by atoms with E-state index < -0.39 is 17.1 Å². The smallest absolute Gasteiger partial charge is 0.410 e. The molecule has 3 atom stereocenters. The lowest BCUT2D eigenvalue weighted by Gasteiger charge is -2.24. The molecule has 2 heterocycles. The fraction of sp³-hybridized carbons (Fsp3) is 0.611. The molecule has 27 heavy (non-hydrogen) atoms. The van der Waals surface area contributed by atoms with Gasteiger partial charge in [0.25, 0.3) is 5.69 Å². The van der Waals surface area contributed by atoms with Crippen LogP contribution in [0.15, 0.2) is 24.3 Å². The molecule has 0 bridgehead atoms. The molecule has 1 aromatic carbocycles. The molecule has 3 rings (SSSR count). The first-order valence-corrected chi connectivity index (χ1v) is 10.1. The van der Waals surface area contributed by atoms with Gasteiger partial charge in [-0.1, -0.05) is 0 Å². The van der Waals surface area contributed by atoms with Crippen LogP contribution in [0.4, 0.5) is 10.5 Å². The maximum atomic E-state index is 12.5. The number of nitrogens with zero attached hydrogens (tertiary/aromatic N) is 3. The maximum absolute atomic E-state index is 12.5. The summed E-state index contributed by atoms with van der Waals surface area (Å²) in [7, 11) is 2.11. The van der Waals surface area contributed by atoms with Crippen LogP contribution in [0.2, 0.25) is 0 Å². The summed E-state index contributed by atoms with van der Waals surface area (Å²) >= 11 is 1.86. The van der Waals surface area contributed by atoms with E-state index in [2.05, 4.69) is 11.9 Å². The Kier molecular flexibility index (Phi) is 6.56. The summed E-state index contributed by atoms with van der Waals surface area (Å²) in [6, 6.07) is 5.91. The molecular weight excluding hydrogens is 370 g/mol. The van der Waals surface area contributed by atoms with E-state index in [1.54, 1.807) is 17.0 Å². The first-order valence-electron chi connectivity index (χ1n) is 9.07. The minimum absolute atomic E-state index is 0.00221. The number of carbonyl (C=O) groups excluding carboxylic acids is 1. The number of ether oxygens (including phenoxy) is 1. The SMILES string of the molecule is CN1CC[C@H](SC[C@@H]2C[C@@H](O)CN2C(=O)OCc2ccc([N+](=O)[O-])cc2)C1. The number of aliphatic hydroxyl groups is 1. The topological polar surface area (TPSA) is 96.2 Å². The molecule has 2 fully saturated rings. The highest BCUT2D eigenvalue weighted by Crippen LogP contribution is 2.28. The minimum Gasteiger partial charge on any atom is -0.445 e. The van der Waals surface area contributed by atoms with Crippen LogP contribution in [0, 0.1) is 10.1 Å². The van der Waals surface area contributed by atoms with Gasteiger partial charge in [0.2, 0.25) is 0 Å². The van der Waals surface area contributed by atoms with Crippen molar-refractivity contribution in [3.05, 3.63) is 39.9 Å². The molecule has 2 saturated heterocycles. The third-order valence-electron chi connectivity index (χ3n) is 5.01. The molecule has 0 aliphatic carbocycles. The van der Waals surface area contributed by atoms with Crippen LogP contribution in [-0.4, -0.2) is 75.8 Å². The monoisotopic (exact) mass is 395 g/mol. The number of β-amino-alcohol motifs (C(OH)–C–C–N with tert-alkyl or cyclic N) is 1. The molecule has 0 saturated carbocycles. The lowest BCUT2D eigenvalue weighted by molar-refractivity contribution is -0.384. The highest BCUT2D eigenvalue weighted by atomic mass is 32.2. The Balaban J connectivity index is 1.50. The van der Waals surface area contributed by atoms with E-state index in [0.717, 1.165) is 25.3 Å². The van der Waals surface area contributed by atoms with Crippen molar-refractivity contribution in [1.29, 1.82) is 0 Å². The minimum atomic E-state index is -0.520. The van der Waals surface area contributed by atoms with Crippen LogP contribution in [0.3, 0.4) is 0 Å². The van der Waals surface area contributed by atoms with Crippen molar-refractivity contribution in [3.8, 4) is 0 Å². The summed E-state index contributed by atoms with van der Waals surface area (Å²) in [5, 5.41) is 21.2. The summed E-state index contributed by atoms with van der Waals surface area (Å²) < 4.78 is 5.37. The Morgan fingerprint density at radius 1 is 1.37 bits per heavy atom. The van der Waals surface area contributed by atoms with E-state index in [9.17, 15) is 20.0 Å². The molecule has 2 aliphatic heterocycles. The van der Waals surface area contributed by atoms with Gasteiger partial charge in [-0.25, -0.2) is 4.79 Å². The van der Waals surface area contributed by atoms with E-state index in [4.69, 9.17) is 4.74 Å². The molecule has 0 aromatic heterocycles. The maximum Gasteiger partial charge on any atom is 0.410 e. The number of amides is 1. The number of thioether (sulfide) groups is 1. The van der Waals surface area contributed by atoms with Gasteiger partial charge in [0, 0.05) is 35.7 Å². The fourth-order valence-electron chi connectivity index (χ4n) is 3.49. The fourth-order valence-corrected chi connectivity index (χ4v) is 4.94. The Bertz CT molecular complexity index is 671. The van der Waals surface area contributed by atoms with Crippen LogP contribution < -0.4 is 0 Å². The lowest BCUT2D eigenvalue weighted by atomic mass is 10.2. The van der Waals surface area contributed by atoms with Gasteiger partial charge in [-0.3, -0.25) is 10.1 Å². The second-order valence-corrected chi connectivity index (χ2v) is 8.51. The molecule has 0 spiro atoms. The largest absolute Gasteiger partial charge is 0.445 e. The van der Waals surface area contributed by atoms with Gasteiger partial charge in [-0.05, 0) is 44.1 Å². The Morgan fingerprint density at radius 3 is 2.74 bits per heavy atom. The van der Waals surface area contributed by atoms with Gasteiger partial charge in [-0.2, -0.15) is 11.8 Å². The Labute approximate surface area is 162 Å².